The van der Waals surface area contributed by atoms with Crippen LogP contribution in [0.2, 0.25) is 0 Å². The molecule has 0 aliphatic carbocycles. The summed E-state index contributed by atoms with van der Waals surface area (Å²) in [5, 5.41) is 11.2. The Kier molecular flexibility index (Phi) is 7.65. The molecule has 1 rings (SSSR count). The van der Waals surface area contributed by atoms with Crippen LogP contribution in [0.5, 0.6) is 0 Å². The summed E-state index contributed by atoms with van der Waals surface area (Å²) in [5.41, 5.74) is 0.417. The van der Waals surface area contributed by atoms with Crippen molar-refractivity contribution >= 4 is 16.7 Å². The molecule has 4 nitrogen and oxygen atoms in total. The number of nitrogens with one attached hydrogen (secondary N) is 1. The van der Waals surface area contributed by atoms with E-state index in [9.17, 15) is 13.4 Å². The number of aliphatic hydroxyl groups is 1. The highest BCUT2D eigenvalue weighted by atomic mass is 32.2. The Labute approximate surface area is 126 Å². The number of hydrogen-bond donors (Lipinski definition) is 2. The van der Waals surface area contributed by atoms with Crippen LogP contribution in [-0.4, -0.2) is 39.9 Å². The van der Waals surface area contributed by atoms with E-state index in [-0.39, 0.29) is 18.7 Å². The molecule has 1 aromatic rings. The minimum Gasteiger partial charge on any atom is -0.395 e. The molecule has 0 spiro atoms. The van der Waals surface area contributed by atoms with Crippen molar-refractivity contribution in [1.82, 2.24) is 5.32 Å². The summed E-state index contributed by atoms with van der Waals surface area (Å²) in [4.78, 5) is 11.9. The van der Waals surface area contributed by atoms with E-state index in [1.165, 1.54) is 18.2 Å². The molecule has 0 heterocycles. The third-order valence-electron chi connectivity index (χ3n) is 2.62. The van der Waals surface area contributed by atoms with E-state index in [2.05, 4.69) is 17.2 Å². The second-order valence-electron chi connectivity index (χ2n) is 4.16. The Bertz CT molecular complexity index is 578. The van der Waals surface area contributed by atoms with Gasteiger partial charge in [0.1, 0.15) is 5.82 Å². The summed E-state index contributed by atoms with van der Waals surface area (Å²) in [5.74, 6) is 5.15. The van der Waals surface area contributed by atoms with E-state index in [1.54, 1.807) is 6.92 Å². The molecule has 0 fully saturated rings. The summed E-state index contributed by atoms with van der Waals surface area (Å²) in [7, 11) is -0.969. The maximum Gasteiger partial charge on any atom is 0.254 e. The lowest BCUT2D eigenvalue weighted by molar-refractivity contribution is 0.0952. The Hall–Kier alpha value is -1.71. The van der Waals surface area contributed by atoms with Crippen molar-refractivity contribution < 1.29 is 18.5 Å². The third kappa shape index (κ3) is 6.06. The predicted molar refractivity (Wildman–Crippen MR) is 80.9 cm³/mol. The Balaban J connectivity index is 2.72. The number of halogens is 1. The fraction of sp³-hybridized carbons (Fsp3) is 0.400. The first-order valence-corrected chi connectivity index (χ1v) is 8.09. The van der Waals surface area contributed by atoms with Crippen LogP contribution in [0.25, 0.3) is 0 Å². The molecule has 0 saturated carbocycles. The van der Waals surface area contributed by atoms with Crippen LogP contribution >= 0.6 is 0 Å². The molecule has 2 N–H and O–H groups in total. The molecule has 0 radical (unpaired) electrons. The average Bonchev–Trinajstić information content (AvgIpc) is 2.48. The molecule has 0 saturated heterocycles. The summed E-state index contributed by atoms with van der Waals surface area (Å²) >= 11 is 0. The first-order valence-electron chi connectivity index (χ1n) is 6.61. The molecule has 1 aromatic carbocycles. The number of rotatable bonds is 6. The Morgan fingerprint density at radius 3 is 2.90 bits per heavy atom. The second-order valence-corrected chi connectivity index (χ2v) is 6.02. The highest BCUT2D eigenvalue weighted by molar-refractivity contribution is 7.84. The van der Waals surface area contributed by atoms with Gasteiger partial charge >= 0.3 is 0 Å². The summed E-state index contributed by atoms with van der Waals surface area (Å²) in [6.07, 6.45) is 0.321. The molecule has 6 heteroatoms. The number of benzene rings is 1. The molecule has 0 aromatic heterocycles. The average molecular weight is 311 g/mol. The van der Waals surface area contributed by atoms with Gasteiger partial charge in [0.2, 0.25) is 0 Å². The van der Waals surface area contributed by atoms with Gasteiger partial charge in [0, 0.05) is 40.8 Å². The second kappa shape index (κ2) is 9.27. The number of amides is 1. The zero-order valence-corrected chi connectivity index (χ0v) is 12.6. The zero-order valence-electron chi connectivity index (χ0n) is 11.8. The minimum absolute atomic E-state index is 0.0455. The standard InChI is InChI=1S/C15H18FNO3S/c1-2-21(20)10-8-17-15(19)13-11-12(5-3-4-9-18)6-7-14(13)16/h6-7,11,18H,2,4,8-10H2,1H3,(H,17,19). The van der Waals surface area contributed by atoms with E-state index in [1.807, 2.05) is 0 Å². The molecule has 1 amide bonds. The van der Waals surface area contributed by atoms with Crippen LogP contribution in [0.15, 0.2) is 18.2 Å². The van der Waals surface area contributed by atoms with Crippen molar-refractivity contribution in [3.05, 3.63) is 35.1 Å². The van der Waals surface area contributed by atoms with Crippen LogP contribution < -0.4 is 5.32 Å². The normalized spacial score (nSPS) is 11.4. The first-order chi connectivity index (χ1) is 10.1. The predicted octanol–water partition coefficient (Wildman–Crippen LogP) is 1.06. The van der Waals surface area contributed by atoms with Gasteiger partial charge in [0.05, 0.1) is 12.2 Å². The van der Waals surface area contributed by atoms with Crippen LogP contribution in [0, 0.1) is 17.7 Å². The number of carbonyl (C=O) groups excluding carboxylic acids is 1. The SMILES string of the molecule is CCS(=O)CCNC(=O)c1cc(C#CCCO)ccc1F. The van der Waals surface area contributed by atoms with E-state index in [4.69, 9.17) is 5.11 Å². The van der Waals surface area contributed by atoms with E-state index in [0.29, 0.717) is 23.5 Å². The van der Waals surface area contributed by atoms with Crippen LogP contribution in [0.4, 0.5) is 4.39 Å². The quantitative estimate of drug-likeness (QED) is 0.772. The Morgan fingerprint density at radius 2 is 2.24 bits per heavy atom. The molecular formula is C15H18FNO3S. The van der Waals surface area contributed by atoms with E-state index in [0.717, 1.165) is 0 Å². The van der Waals surface area contributed by atoms with Gasteiger partial charge in [-0.3, -0.25) is 9.00 Å². The summed E-state index contributed by atoms with van der Waals surface area (Å²) < 4.78 is 24.9. The highest BCUT2D eigenvalue weighted by Crippen LogP contribution is 2.10. The van der Waals surface area contributed by atoms with Crippen LogP contribution in [-0.2, 0) is 10.8 Å². The molecule has 0 bridgehead atoms. The fourth-order valence-corrected chi connectivity index (χ4v) is 2.13. The van der Waals surface area contributed by atoms with Gasteiger partial charge in [0.15, 0.2) is 0 Å². The van der Waals surface area contributed by atoms with Crippen molar-refractivity contribution in [2.75, 3.05) is 24.7 Å². The van der Waals surface area contributed by atoms with Crippen molar-refractivity contribution in [1.29, 1.82) is 0 Å². The fourth-order valence-electron chi connectivity index (χ4n) is 1.52. The number of hydrogen-bond acceptors (Lipinski definition) is 3. The number of carbonyl (C=O) groups is 1. The molecule has 0 aliphatic rings. The van der Waals surface area contributed by atoms with Crippen molar-refractivity contribution in [2.45, 2.75) is 13.3 Å². The van der Waals surface area contributed by atoms with Crippen molar-refractivity contribution in [3.8, 4) is 11.8 Å². The maximum absolute atomic E-state index is 13.7. The summed E-state index contributed by atoms with van der Waals surface area (Å²) in [6, 6.07) is 4.02. The smallest absolute Gasteiger partial charge is 0.254 e. The van der Waals surface area contributed by atoms with Crippen LogP contribution in [0.3, 0.4) is 0 Å². The third-order valence-corrected chi connectivity index (χ3v) is 3.92. The van der Waals surface area contributed by atoms with Gasteiger partial charge in [-0.25, -0.2) is 4.39 Å². The van der Waals surface area contributed by atoms with Crippen LogP contribution in [0.1, 0.15) is 29.3 Å². The van der Waals surface area contributed by atoms with Gasteiger partial charge in [-0.05, 0) is 18.2 Å². The molecule has 21 heavy (non-hydrogen) atoms. The summed E-state index contributed by atoms with van der Waals surface area (Å²) in [6.45, 7) is 1.99. The molecular weight excluding hydrogens is 293 g/mol. The largest absolute Gasteiger partial charge is 0.395 e. The topological polar surface area (TPSA) is 66.4 Å². The zero-order chi connectivity index (χ0) is 15.7. The van der Waals surface area contributed by atoms with Crippen molar-refractivity contribution in [2.24, 2.45) is 0 Å². The lowest BCUT2D eigenvalue weighted by atomic mass is 10.1. The lowest BCUT2D eigenvalue weighted by Gasteiger charge is -2.06. The molecule has 1 unspecified atom stereocenters. The van der Waals surface area contributed by atoms with Gasteiger partial charge in [-0.1, -0.05) is 18.8 Å². The van der Waals surface area contributed by atoms with Gasteiger partial charge in [-0.2, -0.15) is 0 Å². The first kappa shape index (κ1) is 17.3. The van der Waals surface area contributed by atoms with Gasteiger partial charge < -0.3 is 10.4 Å². The monoisotopic (exact) mass is 311 g/mol. The maximum atomic E-state index is 13.7. The van der Waals surface area contributed by atoms with E-state index >= 15 is 0 Å². The van der Waals surface area contributed by atoms with Gasteiger partial charge in [0.25, 0.3) is 5.91 Å². The Morgan fingerprint density at radius 1 is 1.48 bits per heavy atom. The molecule has 1 atom stereocenters. The molecule has 114 valence electrons. The van der Waals surface area contributed by atoms with Crippen molar-refractivity contribution in [3.63, 3.8) is 0 Å². The molecule has 0 aliphatic heterocycles. The van der Waals surface area contributed by atoms with Gasteiger partial charge in [-0.15, -0.1) is 0 Å². The number of aliphatic hydroxyl groups excluding tert-OH is 1. The lowest BCUT2D eigenvalue weighted by Crippen LogP contribution is -2.28. The van der Waals surface area contributed by atoms with E-state index < -0.39 is 22.5 Å². The minimum atomic E-state index is -0.969. The highest BCUT2D eigenvalue weighted by Gasteiger charge is 2.12.